The van der Waals surface area contributed by atoms with E-state index in [4.69, 9.17) is 4.74 Å². The lowest BCUT2D eigenvalue weighted by atomic mass is 10.1. The average Bonchev–Trinajstić information content (AvgIpc) is 3.23. The monoisotopic (exact) mass is 462 g/mol. The number of ether oxygens (including phenoxy) is 1. The van der Waals surface area contributed by atoms with Crippen LogP contribution in [0.1, 0.15) is 38.3 Å². The number of hydrogen-bond acceptors (Lipinski definition) is 6. The first-order chi connectivity index (χ1) is 15.4. The molecule has 1 heterocycles. The summed E-state index contributed by atoms with van der Waals surface area (Å²) in [7, 11) is 0. The summed E-state index contributed by atoms with van der Waals surface area (Å²) in [5.74, 6) is -2.23. The lowest BCUT2D eigenvalue weighted by molar-refractivity contribution is -0.159. The molecule has 0 radical (unpaired) electrons. The average molecular weight is 462 g/mol. The largest absolute Gasteiger partial charge is 0.471 e. The molecule has 0 aliphatic carbocycles. The SMILES string of the molecule is CC(C)(C)OC(=O)NC(C(=O)Nc1ccc(-c2noc(C(F)(F)F)n2)cc1)c1ccccc1. The van der Waals surface area contributed by atoms with Crippen molar-refractivity contribution < 1.29 is 32.0 Å². The number of anilines is 1. The first kappa shape index (κ1) is 23.8. The number of hydrogen-bond donors (Lipinski definition) is 2. The van der Waals surface area contributed by atoms with E-state index in [1.54, 1.807) is 51.1 Å². The maximum Gasteiger partial charge on any atom is 0.471 e. The van der Waals surface area contributed by atoms with E-state index in [2.05, 4.69) is 25.3 Å². The molecule has 3 aromatic rings. The number of nitrogens with one attached hydrogen (secondary N) is 2. The number of benzene rings is 2. The lowest BCUT2D eigenvalue weighted by Crippen LogP contribution is -2.40. The number of carbonyl (C=O) groups excluding carboxylic acids is 2. The van der Waals surface area contributed by atoms with Crippen molar-refractivity contribution in [3.8, 4) is 11.4 Å². The van der Waals surface area contributed by atoms with Gasteiger partial charge in [-0.3, -0.25) is 4.79 Å². The molecule has 33 heavy (non-hydrogen) atoms. The van der Waals surface area contributed by atoms with E-state index >= 15 is 0 Å². The highest BCUT2D eigenvalue weighted by atomic mass is 19.4. The molecule has 2 amide bonds. The Bertz CT molecular complexity index is 1110. The van der Waals surface area contributed by atoms with E-state index in [0.29, 0.717) is 11.3 Å². The number of alkyl halides is 3. The van der Waals surface area contributed by atoms with Gasteiger partial charge in [-0.05, 0) is 50.6 Å². The normalized spacial score (nSPS) is 12.7. The zero-order valence-corrected chi connectivity index (χ0v) is 17.9. The molecule has 1 aromatic heterocycles. The standard InChI is InChI=1S/C22H21F3N4O4/c1-21(2,3)32-20(31)27-16(13-7-5-4-6-8-13)18(30)26-15-11-9-14(10-12-15)17-28-19(33-29-17)22(23,24)25/h4-12,16H,1-3H3,(H,26,30)(H,27,31). The summed E-state index contributed by atoms with van der Waals surface area (Å²) in [5, 5.41) is 8.53. The summed E-state index contributed by atoms with van der Waals surface area (Å²) in [5.41, 5.74) is 0.386. The Morgan fingerprint density at radius 1 is 1.00 bits per heavy atom. The minimum atomic E-state index is -4.74. The second-order valence-electron chi connectivity index (χ2n) is 7.98. The molecule has 2 N–H and O–H groups in total. The fourth-order valence-electron chi connectivity index (χ4n) is 2.74. The van der Waals surface area contributed by atoms with Gasteiger partial charge in [0.25, 0.3) is 5.91 Å². The van der Waals surface area contributed by atoms with Gasteiger partial charge in [-0.15, -0.1) is 0 Å². The van der Waals surface area contributed by atoms with Crippen LogP contribution in [0, 0.1) is 0 Å². The number of alkyl carbamates (subject to hydrolysis) is 1. The van der Waals surface area contributed by atoms with Gasteiger partial charge < -0.3 is 19.9 Å². The van der Waals surface area contributed by atoms with Crippen LogP contribution in [-0.2, 0) is 15.7 Å². The van der Waals surface area contributed by atoms with Gasteiger partial charge in [0, 0.05) is 11.3 Å². The highest BCUT2D eigenvalue weighted by molar-refractivity contribution is 5.97. The topological polar surface area (TPSA) is 106 Å². The molecule has 174 valence electrons. The Labute approximate surface area is 187 Å². The summed E-state index contributed by atoms with van der Waals surface area (Å²) in [6.45, 7) is 5.10. The Hall–Kier alpha value is -3.89. The highest BCUT2D eigenvalue weighted by Crippen LogP contribution is 2.29. The fraction of sp³-hybridized carbons (Fsp3) is 0.273. The second kappa shape index (κ2) is 9.31. The number of carbonyl (C=O) groups is 2. The highest BCUT2D eigenvalue weighted by Gasteiger charge is 2.38. The second-order valence-corrected chi connectivity index (χ2v) is 7.98. The van der Waals surface area contributed by atoms with Crippen LogP contribution < -0.4 is 10.6 Å². The Balaban J connectivity index is 1.75. The van der Waals surface area contributed by atoms with E-state index in [1.807, 2.05) is 0 Å². The van der Waals surface area contributed by atoms with Gasteiger partial charge in [-0.25, -0.2) is 4.79 Å². The van der Waals surface area contributed by atoms with Crippen molar-refractivity contribution in [2.45, 2.75) is 38.6 Å². The number of rotatable bonds is 5. The van der Waals surface area contributed by atoms with Crippen molar-refractivity contribution >= 4 is 17.7 Å². The molecule has 0 saturated carbocycles. The molecule has 1 atom stereocenters. The summed E-state index contributed by atoms with van der Waals surface area (Å²) >= 11 is 0. The maximum atomic E-state index is 12.9. The van der Waals surface area contributed by atoms with Crippen molar-refractivity contribution in [3.63, 3.8) is 0 Å². The van der Waals surface area contributed by atoms with Crippen LogP contribution in [-0.4, -0.2) is 27.7 Å². The molecule has 0 spiro atoms. The molecule has 0 aliphatic rings. The van der Waals surface area contributed by atoms with Gasteiger partial charge in [-0.2, -0.15) is 18.2 Å². The Kier molecular flexibility index (Phi) is 6.70. The fourth-order valence-corrected chi connectivity index (χ4v) is 2.74. The number of aromatic nitrogens is 2. The molecule has 1 unspecified atom stereocenters. The van der Waals surface area contributed by atoms with E-state index in [9.17, 15) is 22.8 Å². The van der Waals surface area contributed by atoms with Crippen molar-refractivity contribution in [1.29, 1.82) is 0 Å². The quantitative estimate of drug-likeness (QED) is 0.555. The van der Waals surface area contributed by atoms with Crippen molar-refractivity contribution in [2.24, 2.45) is 0 Å². The first-order valence-corrected chi connectivity index (χ1v) is 9.79. The molecular formula is C22H21F3N4O4. The van der Waals surface area contributed by atoms with Crippen molar-refractivity contribution in [2.75, 3.05) is 5.32 Å². The smallest absolute Gasteiger partial charge is 0.444 e. The van der Waals surface area contributed by atoms with Crippen molar-refractivity contribution in [1.82, 2.24) is 15.5 Å². The third kappa shape index (κ3) is 6.55. The number of amides is 2. The van der Waals surface area contributed by atoms with Crippen LogP contribution >= 0.6 is 0 Å². The molecule has 3 rings (SSSR count). The Morgan fingerprint density at radius 2 is 1.64 bits per heavy atom. The van der Waals surface area contributed by atoms with Gasteiger partial charge in [-0.1, -0.05) is 35.5 Å². The zero-order valence-electron chi connectivity index (χ0n) is 17.9. The third-order valence-electron chi connectivity index (χ3n) is 4.14. The molecule has 8 nitrogen and oxygen atoms in total. The predicted octanol–water partition coefficient (Wildman–Crippen LogP) is 4.96. The van der Waals surface area contributed by atoms with Crippen LogP contribution in [0.5, 0.6) is 0 Å². The van der Waals surface area contributed by atoms with Gasteiger partial charge in [0.05, 0.1) is 0 Å². The molecule has 11 heteroatoms. The van der Waals surface area contributed by atoms with Crippen LogP contribution in [0.3, 0.4) is 0 Å². The van der Waals surface area contributed by atoms with Crippen LogP contribution in [0.4, 0.5) is 23.7 Å². The molecular weight excluding hydrogens is 441 g/mol. The van der Waals surface area contributed by atoms with E-state index in [-0.39, 0.29) is 11.4 Å². The van der Waals surface area contributed by atoms with Gasteiger partial charge >= 0.3 is 18.2 Å². The van der Waals surface area contributed by atoms with Crippen molar-refractivity contribution in [3.05, 3.63) is 66.1 Å². The number of nitrogens with zero attached hydrogens (tertiary/aromatic N) is 2. The molecule has 0 aliphatic heterocycles. The minimum absolute atomic E-state index is 0.242. The first-order valence-electron chi connectivity index (χ1n) is 9.79. The van der Waals surface area contributed by atoms with Crippen LogP contribution in [0.2, 0.25) is 0 Å². The van der Waals surface area contributed by atoms with E-state index < -0.39 is 35.7 Å². The third-order valence-corrected chi connectivity index (χ3v) is 4.14. The maximum absolute atomic E-state index is 12.9. The zero-order chi connectivity index (χ0) is 24.2. The summed E-state index contributed by atoms with van der Waals surface area (Å²) in [6.07, 6.45) is -5.51. The van der Waals surface area contributed by atoms with E-state index in [0.717, 1.165) is 0 Å². The lowest BCUT2D eigenvalue weighted by Gasteiger charge is -2.23. The minimum Gasteiger partial charge on any atom is -0.444 e. The summed E-state index contributed by atoms with van der Waals surface area (Å²) in [4.78, 5) is 28.5. The molecule has 0 saturated heterocycles. The van der Waals surface area contributed by atoms with Gasteiger partial charge in [0.1, 0.15) is 11.6 Å². The van der Waals surface area contributed by atoms with E-state index in [1.165, 1.54) is 24.3 Å². The van der Waals surface area contributed by atoms with Gasteiger partial charge in [0.2, 0.25) is 5.82 Å². The molecule has 2 aromatic carbocycles. The van der Waals surface area contributed by atoms with Crippen LogP contribution in [0.15, 0.2) is 59.1 Å². The predicted molar refractivity (Wildman–Crippen MR) is 112 cm³/mol. The number of halogens is 3. The van der Waals surface area contributed by atoms with Crippen LogP contribution in [0.25, 0.3) is 11.4 Å². The summed E-state index contributed by atoms with van der Waals surface area (Å²) < 4.78 is 47.4. The molecule has 0 bridgehead atoms. The Morgan fingerprint density at radius 3 is 2.18 bits per heavy atom. The van der Waals surface area contributed by atoms with Gasteiger partial charge in [0.15, 0.2) is 0 Å². The molecule has 0 fully saturated rings. The summed E-state index contributed by atoms with van der Waals surface area (Å²) in [6, 6.07) is 13.3.